The summed E-state index contributed by atoms with van der Waals surface area (Å²) in [6.45, 7) is 15.7. The van der Waals surface area contributed by atoms with Crippen molar-refractivity contribution in [3.05, 3.63) is 23.9 Å². The Balaban J connectivity index is 1.80. The van der Waals surface area contributed by atoms with E-state index in [9.17, 15) is 19.5 Å². The average Bonchev–Trinajstić information content (AvgIpc) is 3.33. The maximum absolute atomic E-state index is 13.4. The van der Waals surface area contributed by atoms with Crippen molar-refractivity contribution >= 4 is 27.0 Å². The fourth-order valence-corrected chi connectivity index (χ4v) is 6.54. The third-order valence-electron chi connectivity index (χ3n) is 7.75. The van der Waals surface area contributed by atoms with E-state index in [1.54, 1.807) is 12.0 Å². The lowest BCUT2D eigenvalue weighted by atomic mass is 9.66. The van der Waals surface area contributed by atoms with Gasteiger partial charge in [-0.1, -0.05) is 33.4 Å². The minimum atomic E-state index is -1.26. The van der Waals surface area contributed by atoms with Crippen LogP contribution in [-0.2, 0) is 23.5 Å². The van der Waals surface area contributed by atoms with Crippen LogP contribution in [0.15, 0.2) is 23.9 Å². The molecule has 0 radical (unpaired) electrons. The van der Waals surface area contributed by atoms with Gasteiger partial charge in [0.25, 0.3) is 0 Å². The standard InChI is InChI=1S/C26H42N2O7Si/c1-8-11-34-25(32)27-10-9-16(20(27)15-33-5)12-17-13-19-21(23(29)28(19)22(17)24(30)31)18(26(2,3)4)14-35-36(6)7/h8,16,18-21,36H,1,9-15H2,2-7H3,(H,30,31)/t16?,18-,19-,20?,21+/m1/s1. The highest BCUT2D eigenvalue weighted by Gasteiger charge is 2.59. The van der Waals surface area contributed by atoms with Crippen LogP contribution in [-0.4, -0.2) is 87.5 Å². The Morgan fingerprint density at radius 2 is 2.00 bits per heavy atom. The number of likely N-dealkylation sites (tertiary alicyclic amines) is 1. The Morgan fingerprint density at radius 1 is 1.31 bits per heavy atom. The summed E-state index contributed by atoms with van der Waals surface area (Å²) in [6.07, 6.45) is 2.87. The topological polar surface area (TPSA) is 106 Å². The summed E-state index contributed by atoms with van der Waals surface area (Å²) in [5.41, 5.74) is 0.753. The second-order valence-corrected chi connectivity index (χ2v) is 13.9. The fraction of sp³-hybridized carbons (Fsp3) is 0.731. The second-order valence-electron chi connectivity index (χ2n) is 11.5. The van der Waals surface area contributed by atoms with Crippen molar-refractivity contribution in [1.82, 2.24) is 9.80 Å². The summed E-state index contributed by atoms with van der Waals surface area (Å²) in [7, 11) is 0.323. The van der Waals surface area contributed by atoms with E-state index in [-0.39, 0.29) is 53.5 Å². The first-order valence-electron chi connectivity index (χ1n) is 12.9. The molecule has 0 bridgehead atoms. The molecule has 3 aliphatic heterocycles. The first-order chi connectivity index (χ1) is 16.9. The van der Waals surface area contributed by atoms with Gasteiger partial charge in [-0.05, 0) is 55.2 Å². The predicted molar refractivity (Wildman–Crippen MR) is 138 cm³/mol. The largest absolute Gasteiger partial charge is 0.477 e. The molecular weight excluding hydrogens is 480 g/mol. The van der Waals surface area contributed by atoms with Crippen molar-refractivity contribution in [3.63, 3.8) is 0 Å². The molecule has 10 heteroatoms. The van der Waals surface area contributed by atoms with E-state index < -0.39 is 21.1 Å². The zero-order chi connectivity index (χ0) is 26.8. The number of carboxylic acid groups (broad SMARTS) is 1. The normalized spacial score (nSPS) is 26.8. The molecule has 2 fully saturated rings. The SMILES string of the molecule is C=CCOC(=O)N1CCC(CC2=C(C(=O)O)N3C(=O)[C@@H]([C@@H](CO[SiH](C)C)C(C)(C)C)[C@H]3C2)C1COC. The lowest BCUT2D eigenvalue weighted by Gasteiger charge is -2.50. The molecular formula is C26H42N2O7Si. The van der Waals surface area contributed by atoms with E-state index in [1.807, 2.05) is 0 Å². The quantitative estimate of drug-likeness (QED) is 0.252. The number of hydrogen-bond acceptors (Lipinski definition) is 6. The van der Waals surface area contributed by atoms with Gasteiger partial charge in [-0.15, -0.1) is 0 Å². The molecule has 1 N–H and O–H groups in total. The van der Waals surface area contributed by atoms with Crippen LogP contribution >= 0.6 is 0 Å². The summed E-state index contributed by atoms with van der Waals surface area (Å²) in [4.78, 5) is 41.4. The van der Waals surface area contributed by atoms with E-state index >= 15 is 0 Å². The van der Waals surface area contributed by atoms with Gasteiger partial charge in [0.1, 0.15) is 12.3 Å². The number of carbonyl (C=O) groups is 3. The zero-order valence-corrected chi connectivity index (χ0v) is 23.6. The van der Waals surface area contributed by atoms with Crippen LogP contribution in [0.3, 0.4) is 0 Å². The lowest BCUT2D eigenvalue weighted by Crippen LogP contribution is -2.63. The number of rotatable bonds is 11. The number of carbonyl (C=O) groups excluding carboxylic acids is 2. The van der Waals surface area contributed by atoms with Crippen LogP contribution in [0.2, 0.25) is 13.1 Å². The summed E-state index contributed by atoms with van der Waals surface area (Å²) in [5.74, 6) is -1.41. The Labute approximate surface area is 216 Å². The van der Waals surface area contributed by atoms with Gasteiger partial charge in [0.05, 0.1) is 24.6 Å². The van der Waals surface area contributed by atoms with E-state index in [0.29, 0.717) is 39.0 Å². The third kappa shape index (κ3) is 5.70. The van der Waals surface area contributed by atoms with E-state index in [2.05, 4.69) is 40.4 Å². The Hall–Kier alpha value is -2.17. The molecule has 2 amide bonds. The molecule has 0 spiro atoms. The first kappa shape index (κ1) is 28.4. The number of fused-ring (bicyclic) bond motifs is 1. The van der Waals surface area contributed by atoms with Crippen molar-refractivity contribution in [2.45, 2.75) is 65.2 Å². The molecule has 0 aliphatic carbocycles. The molecule has 3 rings (SSSR count). The zero-order valence-electron chi connectivity index (χ0n) is 22.5. The van der Waals surface area contributed by atoms with E-state index in [0.717, 1.165) is 5.57 Å². The average molecular weight is 523 g/mol. The van der Waals surface area contributed by atoms with Gasteiger partial charge >= 0.3 is 12.1 Å². The minimum absolute atomic E-state index is 0.0124. The fourth-order valence-electron chi connectivity index (χ4n) is 5.95. The number of amides is 2. The van der Waals surface area contributed by atoms with Crippen LogP contribution < -0.4 is 0 Å². The van der Waals surface area contributed by atoms with Gasteiger partial charge in [0.2, 0.25) is 5.91 Å². The first-order valence-corrected chi connectivity index (χ1v) is 15.6. The summed E-state index contributed by atoms with van der Waals surface area (Å²) in [5, 5.41) is 10.1. The molecule has 202 valence electrons. The number of ether oxygens (including phenoxy) is 2. The summed E-state index contributed by atoms with van der Waals surface area (Å²) >= 11 is 0. The molecule has 0 saturated carbocycles. The number of carboxylic acids is 1. The molecule has 0 aromatic heterocycles. The molecule has 0 aromatic rings. The summed E-state index contributed by atoms with van der Waals surface area (Å²) in [6, 6.07) is -0.377. The molecule has 0 aromatic carbocycles. The van der Waals surface area contributed by atoms with Gasteiger partial charge in [-0.2, -0.15) is 0 Å². The van der Waals surface area contributed by atoms with E-state index in [1.165, 1.54) is 11.0 Å². The van der Waals surface area contributed by atoms with Crippen LogP contribution in [0.5, 0.6) is 0 Å². The van der Waals surface area contributed by atoms with Gasteiger partial charge in [-0.3, -0.25) is 4.79 Å². The second kappa shape index (κ2) is 11.5. The van der Waals surface area contributed by atoms with Crippen molar-refractivity contribution in [3.8, 4) is 0 Å². The van der Waals surface area contributed by atoms with Crippen molar-refractivity contribution in [2.24, 2.45) is 23.2 Å². The van der Waals surface area contributed by atoms with Crippen LogP contribution in [0, 0.1) is 23.2 Å². The highest BCUT2D eigenvalue weighted by molar-refractivity contribution is 6.48. The van der Waals surface area contributed by atoms with Crippen LogP contribution in [0.4, 0.5) is 4.79 Å². The summed E-state index contributed by atoms with van der Waals surface area (Å²) < 4.78 is 16.7. The maximum atomic E-state index is 13.4. The number of β-lactam (4-membered cyclic amide) rings is 1. The monoisotopic (exact) mass is 522 g/mol. The van der Waals surface area contributed by atoms with Gasteiger partial charge in [0, 0.05) is 20.3 Å². The maximum Gasteiger partial charge on any atom is 0.410 e. The highest BCUT2D eigenvalue weighted by atomic mass is 28.3. The lowest BCUT2D eigenvalue weighted by molar-refractivity contribution is -0.162. The van der Waals surface area contributed by atoms with Gasteiger partial charge < -0.3 is 28.8 Å². The molecule has 5 atom stereocenters. The number of nitrogens with zero attached hydrogens (tertiary/aromatic N) is 2. The predicted octanol–water partition coefficient (Wildman–Crippen LogP) is 3.27. The molecule has 9 nitrogen and oxygen atoms in total. The minimum Gasteiger partial charge on any atom is -0.477 e. The number of aliphatic carboxylic acids is 1. The Kier molecular flexibility index (Phi) is 9.05. The number of methoxy groups -OCH3 is 1. The van der Waals surface area contributed by atoms with Crippen molar-refractivity contribution < 1.29 is 33.4 Å². The molecule has 36 heavy (non-hydrogen) atoms. The molecule has 3 heterocycles. The van der Waals surface area contributed by atoms with Gasteiger partial charge in [-0.25, -0.2) is 9.59 Å². The van der Waals surface area contributed by atoms with E-state index in [4.69, 9.17) is 13.9 Å². The molecule has 2 unspecified atom stereocenters. The smallest absolute Gasteiger partial charge is 0.410 e. The Morgan fingerprint density at radius 3 is 2.56 bits per heavy atom. The van der Waals surface area contributed by atoms with Crippen LogP contribution in [0.1, 0.15) is 40.0 Å². The van der Waals surface area contributed by atoms with Gasteiger partial charge in [0.15, 0.2) is 9.04 Å². The number of hydrogen-bond donors (Lipinski definition) is 1. The Bertz CT molecular complexity index is 897. The molecule has 2 saturated heterocycles. The molecule has 3 aliphatic rings. The third-order valence-corrected chi connectivity index (χ3v) is 8.61. The van der Waals surface area contributed by atoms with Crippen molar-refractivity contribution in [2.75, 3.05) is 33.5 Å². The van der Waals surface area contributed by atoms with Crippen LogP contribution in [0.25, 0.3) is 0 Å². The van der Waals surface area contributed by atoms with Crippen molar-refractivity contribution in [1.29, 1.82) is 0 Å². The highest BCUT2D eigenvalue weighted by Crippen LogP contribution is 2.51.